The number of benzene rings is 2. The molecule has 32 heavy (non-hydrogen) atoms. The summed E-state index contributed by atoms with van der Waals surface area (Å²) in [6.45, 7) is 0.781. The van der Waals surface area contributed by atoms with E-state index in [9.17, 15) is 9.59 Å². The second-order valence-electron chi connectivity index (χ2n) is 7.74. The van der Waals surface area contributed by atoms with E-state index in [1.165, 1.54) is 4.52 Å². The number of hydrogen-bond acceptors (Lipinski definition) is 4. The summed E-state index contributed by atoms with van der Waals surface area (Å²) < 4.78 is 6.81. The third-order valence-electron chi connectivity index (χ3n) is 5.82. The molecule has 1 N–H and O–H groups in total. The van der Waals surface area contributed by atoms with Gasteiger partial charge in [0.15, 0.2) is 5.65 Å². The summed E-state index contributed by atoms with van der Waals surface area (Å²) in [5, 5.41) is 3.70. The van der Waals surface area contributed by atoms with Gasteiger partial charge in [0.2, 0.25) is 5.91 Å². The van der Waals surface area contributed by atoms with Gasteiger partial charge in [-0.1, -0.05) is 48.0 Å². The van der Waals surface area contributed by atoms with Gasteiger partial charge in [0.1, 0.15) is 5.75 Å². The molecule has 1 amide bonds. The molecule has 0 saturated carbocycles. The van der Waals surface area contributed by atoms with E-state index in [2.05, 4.69) is 5.10 Å². The van der Waals surface area contributed by atoms with Crippen molar-refractivity contribution in [1.29, 1.82) is 0 Å². The molecule has 0 unspecified atom stereocenters. The number of hydrogen-bond donors (Lipinski definition) is 1. The number of para-hydroxylation sites is 1. The first-order chi connectivity index (χ1) is 15.5. The lowest BCUT2D eigenvalue weighted by atomic mass is 10.0. The topological polar surface area (TPSA) is 79.7 Å². The third-order valence-corrected chi connectivity index (χ3v) is 6.15. The number of aromatic nitrogens is 3. The van der Waals surface area contributed by atoms with Crippen LogP contribution in [0.4, 0.5) is 0 Å². The maximum absolute atomic E-state index is 13.1. The van der Waals surface area contributed by atoms with Crippen LogP contribution in [0.3, 0.4) is 0 Å². The van der Waals surface area contributed by atoms with Crippen LogP contribution in [0.15, 0.2) is 59.4 Å². The highest BCUT2D eigenvalue weighted by Crippen LogP contribution is 2.27. The van der Waals surface area contributed by atoms with E-state index in [0.717, 1.165) is 11.1 Å². The fourth-order valence-corrected chi connectivity index (χ4v) is 4.39. The molecule has 7 nitrogen and oxygen atoms in total. The van der Waals surface area contributed by atoms with Crippen LogP contribution in [0.1, 0.15) is 16.8 Å². The Kier molecular flexibility index (Phi) is 5.19. The number of aromatic amines is 1. The third kappa shape index (κ3) is 3.54. The number of amides is 1. The second-order valence-corrected chi connectivity index (χ2v) is 8.15. The largest absolute Gasteiger partial charge is 0.496 e. The van der Waals surface area contributed by atoms with Gasteiger partial charge in [-0.05, 0) is 18.6 Å². The molecule has 162 valence electrons. The molecule has 0 bridgehead atoms. The number of nitrogens with zero attached hydrogens (tertiary/aromatic N) is 3. The van der Waals surface area contributed by atoms with Crippen LogP contribution < -0.4 is 10.3 Å². The Balaban J connectivity index is 1.45. The molecule has 8 heteroatoms. The van der Waals surface area contributed by atoms with Crippen LogP contribution in [-0.4, -0.2) is 39.1 Å². The maximum Gasteiger partial charge on any atom is 0.276 e. The molecular weight excluding hydrogens is 428 g/mol. The van der Waals surface area contributed by atoms with Crippen molar-refractivity contribution in [1.82, 2.24) is 19.5 Å². The summed E-state index contributed by atoms with van der Waals surface area (Å²) >= 11 is 6.31. The zero-order chi connectivity index (χ0) is 22.2. The first-order valence-electron chi connectivity index (χ1n) is 10.3. The Labute approximate surface area is 189 Å². The predicted octanol–water partition coefficient (Wildman–Crippen LogP) is 3.48. The number of fused-ring (bicyclic) bond motifs is 2. The van der Waals surface area contributed by atoms with E-state index in [-0.39, 0.29) is 17.9 Å². The van der Waals surface area contributed by atoms with E-state index in [1.807, 2.05) is 42.5 Å². The Morgan fingerprint density at radius 3 is 2.78 bits per heavy atom. The Bertz CT molecular complexity index is 1390. The zero-order valence-corrected chi connectivity index (χ0v) is 18.2. The van der Waals surface area contributed by atoms with Gasteiger partial charge in [-0.3, -0.25) is 14.7 Å². The average Bonchev–Trinajstić information content (AvgIpc) is 3.23. The smallest absolute Gasteiger partial charge is 0.276 e. The quantitative estimate of drug-likeness (QED) is 0.518. The molecule has 4 aromatic rings. The molecule has 2 aromatic carbocycles. The summed E-state index contributed by atoms with van der Waals surface area (Å²) in [6.07, 6.45) is 0.698. The van der Waals surface area contributed by atoms with Gasteiger partial charge in [-0.25, -0.2) is 9.50 Å². The van der Waals surface area contributed by atoms with Crippen molar-refractivity contribution in [3.8, 4) is 17.0 Å². The van der Waals surface area contributed by atoms with E-state index >= 15 is 0 Å². The van der Waals surface area contributed by atoms with Crippen LogP contribution in [0.5, 0.6) is 5.75 Å². The van der Waals surface area contributed by atoms with Crippen molar-refractivity contribution in [2.45, 2.75) is 19.4 Å². The van der Waals surface area contributed by atoms with Gasteiger partial charge in [0, 0.05) is 34.3 Å². The van der Waals surface area contributed by atoms with Gasteiger partial charge < -0.3 is 9.64 Å². The van der Waals surface area contributed by atoms with E-state index in [1.54, 1.807) is 24.1 Å². The molecular formula is C24H21ClN4O3. The highest BCUT2D eigenvalue weighted by Gasteiger charge is 2.26. The summed E-state index contributed by atoms with van der Waals surface area (Å²) in [4.78, 5) is 32.5. The van der Waals surface area contributed by atoms with Gasteiger partial charge >= 0.3 is 0 Å². The molecule has 0 fully saturated rings. The fraction of sp³-hybridized carbons (Fsp3) is 0.208. The minimum Gasteiger partial charge on any atom is -0.496 e. The second kappa shape index (κ2) is 8.16. The summed E-state index contributed by atoms with van der Waals surface area (Å²) in [5.41, 5.74) is 3.99. The maximum atomic E-state index is 13.1. The van der Waals surface area contributed by atoms with Crippen molar-refractivity contribution in [2.75, 3.05) is 13.7 Å². The van der Waals surface area contributed by atoms with E-state index < -0.39 is 0 Å². The standard InChI is InChI=1S/C24H21ClN4O3/c1-32-21-9-5-2-6-15(21)12-23(30)28-11-10-17-20(14-28)26-22-13-19(27-29(22)24(17)31)16-7-3-4-8-18(16)25/h2-9,13,27H,10-12,14H2,1H3. The molecule has 0 saturated heterocycles. The van der Waals surface area contributed by atoms with Crippen molar-refractivity contribution in [3.05, 3.63) is 86.8 Å². The SMILES string of the molecule is COc1ccccc1CC(=O)N1CCc2c(nc3cc(-c4ccccc4Cl)[nH]n3c2=O)C1. The molecule has 0 aliphatic carbocycles. The predicted molar refractivity (Wildman–Crippen MR) is 122 cm³/mol. The van der Waals surface area contributed by atoms with Crippen molar-refractivity contribution >= 4 is 23.2 Å². The number of carbonyl (C=O) groups is 1. The molecule has 0 atom stereocenters. The summed E-state index contributed by atoms with van der Waals surface area (Å²) in [6, 6.07) is 16.7. The average molecular weight is 449 g/mol. The number of methoxy groups -OCH3 is 1. The lowest BCUT2D eigenvalue weighted by molar-refractivity contribution is -0.131. The number of nitrogens with one attached hydrogen (secondary N) is 1. The van der Waals surface area contributed by atoms with Crippen LogP contribution >= 0.6 is 11.6 Å². The molecule has 0 radical (unpaired) electrons. The lowest BCUT2D eigenvalue weighted by Crippen LogP contribution is -2.40. The molecule has 1 aliphatic rings. The Morgan fingerprint density at radius 1 is 1.19 bits per heavy atom. The lowest BCUT2D eigenvalue weighted by Gasteiger charge is -2.28. The molecule has 0 spiro atoms. The number of carbonyl (C=O) groups excluding carboxylic acids is 1. The first-order valence-corrected chi connectivity index (χ1v) is 10.7. The van der Waals surface area contributed by atoms with Gasteiger partial charge in [0.05, 0.1) is 31.5 Å². The summed E-state index contributed by atoms with van der Waals surface area (Å²) in [7, 11) is 1.59. The van der Waals surface area contributed by atoms with Crippen LogP contribution in [-0.2, 0) is 24.2 Å². The molecule has 2 aromatic heterocycles. The molecule has 3 heterocycles. The molecule has 1 aliphatic heterocycles. The van der Waals surface area contributed by atoms with Crippen LogP contribution in [0.25, 0.3) is 16.9 Å². The van der Waals surface area contributed by atoms with Crippen molar-refractivity contribution < 1.29 is 9.53 Å². The monoisotopic (exact) mass is 448 g/mol. The zero-order valence-electron chi connectivity index (χ0n) is 17.5. The summed E-state index contributed by atoms with van der Waals surface area (Å²) in [5.74, 6) is 0.670. The van der Waals surface area contributed by atoms with Crippen molar-refractivity contribution in [2.24, 2.45) is 0 Å². The fourth-order valence-electron chi connectivity index (χ4n) is 4.15. The number of H-pyrrole nitrogens is 1. The molecule has 5 rings (SSSR count). The normalized spacial score (nSPS) is 13.2. The van der Waals surface area contributed by atoms with E-state index in [0.29, 0.717) is 52.9 Å². The van der Waals surface area contributed by atoms with E-state index in [4.69, 9.17) is 21.3 Å². The van der Waals surface area contributed by atoms with Gasteiger partial charge in [-0.2, -0.15) is 0 Å². The van der Waals surface area contributed by atoms with Crippen molar-refractivity contribution in [3.63, 3.8) is 0 Å². The highest BCUT2D eigenvalue weighted by molar-refractivity contribution is 6.33. The minimum absolute atomic E-state index is 0.0204. The Morgan fingerprint density at radius 2 is 1.97 bits per heavy atom. The van der Waals surface area contributed by atoms with Crippen LogP contribution in [0, 0.1) is 0 Å². The van der Waals surface area contributed by atoms with Gasteiger partial charge in [0.25, 0.3) is 5.56 Å². The number of ether oxygens (including phenoxy) is 1. The number of rotatable bonds is 4. The highest BCUT2D eigenvalue weighted by atomic mass is 35.5. The Hall–Kier alpha value is -3.58. The first kappa shape index (κ1) is 20.3. The van der Waals surface area contributed by atoms with Gasteiger partial charge in [-0.15, -0.1) is 0 Å². The number of halogens is 1. The van der Waals surface area contributed by atoms with Crippen LogP contribution in [0.2, 0.25) is 5.02 Å². The minimum atomic E-state index is -0.139.